The van der Waals surface area contributed by atoms with Crippen LogP contribution in [0.5, 0.6) is 0 Å². The van der Waals surface area contributed by atoms with Crippen LogP contribution >= 0.6 is 11.8 Å². The van der Waals surface area contributed by atoms with Gasteiger partial charge >= 0.3 is 5.97 Å². The Kier molecular flexibility index (Phi) is 3.59. The molecule has 0 saturated carbocycles. The van der Waals surface area contributed by atoms with Crippen LogP contribution < -0.4 is 0 Å². The van der Waals surface area contributed by atoms with E-state index in [9.17, 15) is 14.4 Å². The molecule has 0 spiro atoms. The second-order valence-electron chi connectivity index (χ2n) is 5.11. The molecule has 21 heavy (non-hydrogen) atoms. The maximum absolute atomic E-state index is 12.2. The third-order valence-electron chi connectivity index (χ3n) is 3.68. The smallest absolute Gasteiger partial charge is 0.335 e. The Morgan fingerprint density at radius 3 is 2.67 bits per heavy atom. The topological polar surface area (TPSA) is 77.9 Å². The first kappa shape index (κ1) is 13.9. The number of nitrogens with zero attached hydrogens (tertiary/aromatic N) is 2. The summed E-state index contributed by atoms with van der Waals surface area (Å²) in [5.74, 6) is -0.0660. The van der Waals surface area contributed by atoms with Gasteiger partial charge < -0.3 is 14.9 Å². The standard InChI is InChI=1S/C14H14N2O4S/c17-12(6-16-8-21-7-13(16)18)15-4-10-2-1-9(14(19)20)3-11(10)5-15/h1-3H,4-8H2,(H,19,20). The predicted octanol–water partition coefficient (Wildman–Crippen LogP) is 0.760. The van der Waals surface area contributed by atoms with E-state index in [1.165, 1.54) is 11.8 Å². The maximum atomic E-state index is 12.2. The van der Waals surface area contributed by atoms with E-state index in [1.807, 2.05) is 0 Å². The number of rotatable bonds is 3. The Balaban J connectivity index is 1.68. The number of benzene rings is 1. The molecule has 1 saturated heterocycles. The Hall–Kier alpha value is -2.02. The summed E-state index contributed by atoms with van der Waals surface area (Å²) in [5, 5.41) is 8.98. The van der Waals surface area contributed by atoms with Crippen molar-refractivity contribution in [3.05, 3.63) is 34.9 Å². The van der Waals surface area contributed by atoms with Crippen LogP contribution in [0.1, 0.15) is 21.5 Å². The van der Waals surface area contributed by atoms with Crippen LogP contribution in [0.3, 0.4) is 0 Å². The molecular weight excluding hydrogens is 292 g/mol. The Morgan fingerprint density at radius 1 is 1.24 bits per heavy atom. The Bertz CT molecular complexity index is 631. The molecule has 0 aliphatic carbocycles. The zero-order valence-corrected chi connectivity index (χ0v) is 12.1. The number of hydrogen-bond donors (Lipinski definition) is 1. The lowest BCUT2D eigenvalue weighted by Crippen LogP contribution is -2.38. The molecule has 1 aromatic rings. The van der Waals surface area contributed by atoms with Gasteiger partial charge in [-0.2, -0.15) is 0 Å². The van der Waals surface area contributed by atoms with E-state index in [0.717, 1.165) is 11.1 Å². The fourth-order valence-electron chi connectivity index (χ4n) is 2.51. The number of carboxylic acids is 1. The van der Waals surface area contributed by atoms with Gasteiger partial charge in [0, 0.05) is 13.1 Å². The molecule has 0 aromatic heterocycles. The molecule has 0 atom stereocenters. The zero-order valence-electron chi connectivity index (χ0n) is 11.2. The molecule has 110 valence electrons. The van der Waals surface area contributed by atoms with Crippen LogP contribution in [0.15, 0.2) is 18.2 Å². The van der Waals surface area contributed by atoms with Gasteiger partial charge in [-0.05, 0) is 23.3 Å². The summed E-state index contributed by atoms with van der Waals surface area (Å²) < 4.78 is 0. The molecular formula is C14H14N2O4S. The Morgan fingerprint density at radius 2 is 2.00 bits per heavy atom. The highest BCUT2D eigenvalue weighted by Gasteiger charge is 2.28. The van der Waals surface area contributed by atoms with Gasteiger partial charge in [0.25, 0.3) is 0 Å². The summed E-state index contributed by atoms with van der Waals surface area (Å²) in [7, 11) is 0. The molecule has 2 aliphatic rings. The first-order chi connectivity index (χ1) is 10.0. The first-order valence-corrected chi connectivity index (χ1v) is 7.68. The predicted molar refractivity (Wildman–Crippen MR) is 76.7 cm³/mol. The lowest BCUT2D eigenvalue weighted by molar-refractivity contribution is -0.138. The SMILES string of the molecule is O=C(O)c1ccc2c(c1)CN(C(=O)CN1CSCC1=O)C2. The number of amides is 2. The summed E-state index contributed by atoms with van der Waals surface area (Å²) in [6, 6.07) is 4.92. The van der Waals surface area contributed by atoms with Gasteiger partial charge in [-0.3, -0.25) is 9.59 Å². The summed E-state index contributed by atoms with van der Waals surface area (Å²) in [6.07, 6.45) is 0. The van der Waals surface area contributed by atoms with Crippen molar-refractivity contribution in [2.24, 2.45) is 0 Å². The molecule has 0 radical (unpaired) electrons. The van der Waals surface area contributed by atoms with Crippen molar-refractivity contribution < 1.29 is 19.5 Å². The summed E-state index contributed by atoms with van der Waals surface area (Å²) in [6.45, 7) is 0.985. The highest BCUT2D eigenvalue weighted by atomic mass is 32.2. The van der Waals surface area contributed by atoms with Crippen molar-refractivity contribution in [3.8, 4) is 0 Å². The minimum absolute atomic E-state index is 0.00164. The van der Waals surface area contributed by atoms with E-state index >= 15 is 0 Å². The monoisotopic (exact) mass is 306 g/mol. The van der Waals surface area contributed by atoms with Crippen LogP contribution in [-0.2, 0) is 22.7 Å². The average Bonchev–Trinajstić information content (AvgIpc) is 3.04. The summed E-state index contributed by atoms with van der Waals surface area (Å²) in [5.41, 5.74) is 2.06. The largest absolute Gasteiger partial charge is 0.478 e. The number of aromatic carboxylic acids is 1. The van der Waals surface area contributed by atoms with E-state index in [1.54, 1.807) is 28.0 Å². The van der Waals surface area contributed by atoms with Gasteiger partial charge in [0.2, 0.25) is 11.8 Å². The summed E-state index contributed by atoms with van der Waals surface area (Å²) >= 11 is 1.51. The van der Waals surface area contributed by atoms with Crippen molar-refractivity contribution in [2.75, 3.05) is 18.2 Å². The number of carbonyl (C=O) groups is 3. The number of carboxylic acid groups (broad SMARTS) is 1. The highest BCUT2D eigenvalue weighted by Crippen LogP contribution is 2.24. The molecule has 1 aromatic carbocycles. The normalized spacial score (nSPS) is 17.2. The molecule has 2 heterocycles. The van der Waals surface area contributed by atoms with Crippen molar-refractivity contribution in [1.29, 1.82) is 0 Å². The molecule has 1 fully saturated rings. The number of hydrogen-bond acceptors (Lipinski definition) is 4. The maximum Gasteiger partial charge on any atom is 0.335 e. The van der Waals surface area contributed by atoms with E-state index in [-0.39, 0.29) is 23.9 Å². The number of carbonyl (C=O) groups excluding carboxylic acids is 2. The van der Waals surface area contributed by atoms with E-state index in [0.29, 0.717) is 24.7 Å². The van der Waals surface area contributed by atoms with Gasteiger partial charge in [-0.15, -0.1) is 11.8 Å². The molecule has 2 aliphatic heterocycles. The minimum Gasteiger partial charge on any atom is -0.478 e. The lowest BCUT2D eigenvalue weighted by atomic mass is 10.1. The van der Waals surface area contributed by atoms with Gasteiger partial charge in [0.1, 0.15) is 6.54 Å². The first-order valence-electron chi connectivity index (χ1n) is 6.53. The van der Waals surface area contributed by atoms with E-state index in [2.05, 4.69) is 0 Å². The molecule has 0 unspecified atom stereocenters. The van der Waals surface area contributed by atoms with Crippen LogP contribution in [-0.4, -0.2) is 50.9 Å². The fraction of sp³-hybridized carbons (Fsp3) is 0.357. The third-order valence-corrected chi connectivity index (χ3v) is 4.63. The average molecular weight is 306 g/mol. The van der Waals surface area contributed by atoms with Gasteiger partial charge in [-0.1, -0.05) is 6.07 Å². The number of fused-ring (bicyclic) bond motifs is 1. The van der Waals surface area contributed by atoms with Crippen molar-refractivity contribution in [3.63, 3.8) is 0 Å². The van der Waals surface area contributed by atoms with E-state index in [4.69, 9.17) is 5.11 Å². The van der Waals surface area contributed by atoms with Crippen LogP contribution in [0.25, 0.3) is 0 Å². The van der Waals surface area contributed by atoms with Crippen LogP contribution in [0.4, 0.5) is 0 Å². The van der Waals surface area contributed by atoms with Gasteiger partial charge in [-0.25, -0.2) is 4.79 Å². The third kappa shape index (κ3) is 2.73. The van der Waals surface area contributed by atoms with Crippen molar-refractivity contribution in [1.82, 2.24) is 9.80 Å². The molecule has 2 amide bonds. The van der Waals surface area contributed by atoms with Gasteiger partial charge in [0.15, 0.2) is 0 Å². The van der Waals surface area contributed by atoms with Crippen LogP contribution in [0.2, 0.25) is 0 Å². The molecule has 6 nitrogen and oxygen atoms in total. The second kappa shape index (κ2) is 5.40. The molecule has 1 N–H and O–H groups in total. The quantitative estimate of drug-likeness (QED) is 0.892. The van der Waals surface area contributed by atoms with Crippen molar-refractivity contribution >= 4 is 29.5 Å². The highest BCUT2D eigenvalue weighted by molar-refractivity contribution is 8.00. The minimum atomic E-state index is -0.970. The van der Waals surface area contributed by atoms with Gasteiger partial charge in [0.05, 0.1) is 17.2 Å². The van der Waals surface area contributed by atoms with Crippen LogP contribution in [0, 0.1) is 0 Å². The zero-order chi connectivity index (χ0) is 15.0. The molecule has 7 heteroatoms. The molecule has 0 bridgehead atoms. The Labute approximate surface area is 125 Å². The van der Waals surface area contributed by atoms with E-state index < -0.39 is 5.97 Å². The molecule has 3 rings (SSSR count). The second-order valence-corrected chi connectivity index (χ2v) is 6.06. The van der Waals surface area contributed by atoms with Crippen molar-refractivity contribution in [2.45, 2.75) is 13.1 Å². The summed E-state index contributed by atoms with van der Waals surface area (Å²) in [4.78, 5) is 37.9. The number of thioether (sulfide) groups is 1. The lowest BCUT2D eigenvalue weighted by Gasteiger charge is -2.20. The fourth-order valence-corrected chi connectivity index (χ4v) is 3.41.